The number of aromatic amines is 1. The number of hydrogen-bond donors (Lipinski definition) is 1. The van der Waals surface area contributed by atoms with E-state index in [-0.39, 0.29) is 11.2 Å². The highest BCUT2D eigenvalue weighted by atomic mass is 16.6. The number of rotatable bonds is 2. The lowest BCUT2D eigenvalue weighted by Crippen LogP contribution is -2.08. The van der Waals surface area contributed by atoms with Crippen LogP contribution in [0, 0.1) is 10.1 Å². The predicted octanol–water partition coefficient (Wildman–Crippen LogP) is 2.44. The summed E-state index contributed by atoms with van der Waals surface area (Å²) in [7, 11) is 0. The van der Waals surface area contributed by atoms with Gasteiger partial charge < -0.3 is 4.98 Å². The van der Waals surface area contributed by atoms with E-state index in [1.807, 2.05) is 0 Å². The maximum Gasteiger partial charge on any atom is 0.269 e. The molecule has 1 aliphatic carbocycles. The van der Waals surface area contributed by atoms with E-state index in [4.69, 9.17) is 0 Å². The first-order chi connectivity index (χ1) is 9.15. The molecule has 0 atom stereocenters. The van der Waals surface area contributed by atoms with Crippen LogP contribution in [0.4, 0.5) is 5.69 Å². The summed E-state index contributed by atoms with van der Waals surface area (Å²) in [6, 6.07) is 7.94. The van der Waals surface area contributed by atoms with Crippen LogP contribution >= 0.6 is 0 Å². The Bertz CT molecular complexity index is 702. The van der Waals surface area contributed by atoms with Gasteiger partial charge in [-0.05, 0) is 48.1 Å². The van der Waals surface area contributed by atoms with E-state index in [1.54, 1.807) is 18.2 Å². The van der Waals surface area contributed by atoms with Crippen LogP contribution in [0.5, 0.6) is 0 Å². The topological polar surface area (TPSA) is 76.0 Å². The van der Waals surface area contributed by atoms with Crippen LogP contribution in [0.1, 0.15) is 17.5 Å². The minimum atomic E-state index is -0.429. The first kappa shape index (κ1) is 11.6. The standard InChI is InChI=1S/C14H12N2O3/c17-13-8-10-2-1-3-12(10)14(15-13)9-4-6-11(7-5-9)16(18)19/h4-8H,1-3H2,(H,15,17). The number of nitrogens with zero attached hydrogens (tertiary/aromatic N) is 1. The maximum absolute atomic E-state index is 11.6. The lowest BCUT2D eigenvalue weighted by molar-refractivity contribution is -0.384. The van der Waals surface area contributed by atoms with Crippen LogP contribution in [0.25, 0.3) is 11.3 Å². The molecule has 2 aromatic rings. The van der Waals surface area contributed by atoms with Crippen molar-refractivity contribution in [1.29, 1.82) is 0 Å². The van der Waals surface area contributed by atoms with Crippen molar-refractivity contribution in [2.24, 2.45) is 0 Å². The Balaban J connectivity index is 2.12. The number of nitrogens with one attached hydrogen (secondary N) is 1. The Morgan fingerprint density at radius 2 is 1.89 bits per heavy atom. The molecule has 1 aromatic carbocycles. The van der Waals surface area contributed by atoms with Crippen molar-refractivity contribution in [3.05, 3.63) is 61.9 Å². The molecule has 0 unspecified atom stereocenters. The van der Waals surface area contributed by atoms with E-state index in [0.717, 1.165) is 41.6 Å². The highest BCUT2D eigenvalue weighted by Gasteiger charge is 2.17. The average molecular weight is 256 g/mol. The number of fused-ring (bicyclic) bond motifs is 1. The van der Waals surface area contributed by atoms with Crippen molar-refractivity contribution in [2.45, 2.75) is 19.3 Å². The number of nitro benzene ring substituents is 1. The molecule has 0 bridgehead atoms. The van der Waals surface area contributed by atoms with Gasteiger partial charge in [-0.1, -0.05) is 0 Å². The molecule has 3 rings (SSSR count). The Kier molecular flexibility index (Phi) is 2.67. The number of benzene rings is 1. The molecule has 0 radical (unpaired) electrons. The molecule has 0 fully saturated rings. The number of H-pyrrole nitrogens is 1. The smallest absolute Gasteiger partial charge is 0.269 e. The van der Waals surface area contributed by atoms with Crippen LogP contribution < -0.4 is 5.56 Å². The molecular formula is C14H12N2O3. The van der Waals surface area contributed by atoms with Crippen molar-refractivity contribution >= 4 is 5.69 Å². The number of pyridine rings is 1. The summed E-state index contributed by atoms with van der Waals surface area (Å²) in [5.41, 5.74) is 3.81. The number of nitro groups is 1. The number of hydrogen-bond acceptors (Lipinski definition) is 3. The molecule has 0 spiro atoms. The third kappa shape index (κ3) is 2.03. The Morgan fingerprint density at radius 3 is 2.58 bits per heavy atom. The first-order valence-electron chi connectivity index (χ1n) is 6.15. The fourth-order valence-corrected chi connectivity index (χ4v) is 2.60. The molecule has 1 aliphatic rings. The average Bonchev–Trinajstić information content (AvgIpc) is 2.85. The van der Waals surface area contributed by atoms with Gasteiger partial charge in [-0.3, -0.25) is 14.9 Å². The van der Waals surface area contributed by atoms with Crippen LogP contribution in [-0.2, 0) is 12.8 Å². The zero-order chi connectivity index (χ0) is 13.4. The van der Waals surface area contributed by atoms with Crippen LogP contribution in [0.2, 0.25) is 0 Å². The predicted molar refractivity (Wildman–Crippen MR) is 71.2 cm³/mol. The van der Waals surface area contributed by atoms with Gasteiger partial charge in [-0.15, -0.1) is 0 Å². The van der Waals surface area contributed by atoms with Gasteiger partial charge in [-0.25, -0.2) is 0 Å². The Hall–Kier alpha value is -2.43. The van der Waals surface area contributed by atoms with Gasteiger partial charge in [-0.2, -0.15) is 0 Å². The molecule has 1 N–H and O–H groups in total. The summed E-state index contributed by atoms with van der Waals surface area (Å²) in [5.74, 6) is 0. The molecule has 19 heavy (non-hydrogen) atoms. The first-order valence-corrected chi connectivity index (χ1v) is 6.15. The zero-order valence-electron chi connectivity index (χ0n) is 10.2. The van der Waals surface area contributed by atoms with E-state index in [0.29, 0.717) is 0 Å². The SMILES string of the molecule is O=c1cc2c(c(-c3ccc([N+](=O)[O-])cc3)[nH]1)CCC2. The highest BCUT2D eigenvalue weighted by molar-refractivity contribution is 5.66. The van der Waals surface area contributed by atoms with Crippen LogP contribution in [-0.4, -0.2) is 9.91 Å². The molecule has 0 saturated carbocycles. The van der Waals surface area contributed by atoms with Gasteiger partial charge in [0.05, 0.1) is 10.6 Å². The molecule has 1 aromatic heterocycles. The van der Waals surface area contributed by atoms with Gasteiger partial charge in [0, 0.05) is 18.2 Å². The summed E-state index contributed by atoms with van der Waals surface area (Å²) in [6.07, 6.45) is 2.92. The fourth-order valence-electron chi connectivity index (χ4n) is 2.60. The lowest BCUT2D eigenvalue weighted by atomic mass is 10.0. The van der Waals surface area contributed by atoms with Crippen molar-refractivity contribution in [1.82, 2.24) is 4.98 Å². The highest BCUT2D eigenvalue weighted by Crippen LogP contribution is 2.30. The third-order valence-electron chi connectivity index (χ3n) is 3.48. The summed E-state index contributed by atoms with van der Waals surface area (Å²) < 4.78 is 0. The minimum Gasteiger partial charge on any atom is -0.322 e. The van der Waals surface area contributed by atoms with Crippen molar-refractivity contribution in [2.75, 3.05) is 0 Å². The minimum absolute atomic E-state index is 0.0543. The summed E-state index contributed by atoms with van der Waals surface area (Å²) in [5, 5.41) is 10.6. The van der Waals surface area contributed by atoms with Gasteiger partial charge in [0.2, 0.25) is 5.56 Å². The van der Waals surface area contributed by atoms with Gasteiger partial charge in [0.15, 0.2) is 0 Å². The van der Waals surface area contributed by atoms with E-state index in [1.165, 1.54) is 12.1 Å². The normalized spacial score (nSPS) is 13.3. The zero-order valence-corrected chi connectivity index (χ0v) is 10.2. The van der Waals surface area contributed by atoms with Gasteiger partial charge in [0.1, 0.15) is 0 Å². The molecule has 5 nitrogen and oxygen atoms in total. The number of non-ortho nitro benzene ring substituents is 1. The van der Waals surface area contributed by atoms with E-state index >= 15 is 0 Å². The molecule has 0 saturated heterocycles. The Labute approximate surface area is 109 Å². The second kappa shape index (κ2) is 4.35. The van der Waals surface area contributed by atoms with Crippen molar-refractivity contribution < 1.29 is 4.92 Å². The quantitative estimate of drug-likeness (QED) is 0.662. The van der Waals surface area contributed by atoms with Crippen molar-refractivity contribution in [3.63, 3.8) is 0 Å². The molecule has 1 heterocycles. The summed E-state index contributed by atoms with van der Waals surface area (Å²) >= 11 is 0. The van der Waals surface area contributed by atoms with Gasteiger partial charge >= 0.3 is 0 Å². The van der Waals surface area contributed by atoms with E-state index in [2.05, 4.69) is 4.98 Å². The summed E-state index contributed by atoms with van der Waals surface area (Å²) in [6.45, 7) is 0. The van der Waals surface area contributed by atoms with Crippen LogP contribution in [0.3, 0.4) is 0 Å². The molecule has 5 heteroatoms. The molecular weight excluding hydrogens is 244 g/mol. The van der Waals surface area contributed by atoms with Crippen LogP contribution in [0.15, 0.2) is 35.1 Å². The van der Waals surface area contributed by atoms with E-state index in [9.17, 15) is 14.9 Å². The molecule has 96 valence electrons. The Morgan fingerprint density at radius 1 is 1.16 bits per heavy atom. The number of aryl methyl sites for hydroxylation is 1. The third-order valence-corrected chi connectivity index (χ3v) is 3.48. The fraction of sp³-hybridized carbons (Fsp3) is 0.214. The summed E-state index contributed by atoms with van der Waals surface area (Å²) in [4.78, 5) is 24.7. The van der Waals surface area contributed by atoms with E-state index < -0.39 is 4.92 Å². The monoisotopic (exact) mass is 256 g/mol. The van der Waals surface area contributed by atoms with Crippen molar-refractivity contribution in [3.8, 4) is 11.3 Å². The van der Waals surface area contributed by atoms with Gasteiger partial charge in [0.25, 0.3) is 5.69 Å². The second-order valence-corrected chi connectivity index (χ2v) is 4.67. The molecule has 0 aliphatic heterocycles. The maximum atomic E-state index is 11.6. The molecule has 0 amide bonds. The largest absolute Gasteiger partial charge is 0.322 e. The second-order valence-electron chi connectivity index (χ2n) is 4.67. The number of aromatic nitrogens is 1. The lowest BCUT2D eigenvalue weighted by Gasteiger charge is -2.08.